The molecular formula is C10H17N3. The van der Waals surface area contributed by atoms with E-state index in [1.54, 1.807) is 6.20 Å². The molecule has 13 heavy (non-hydrogen) atoms. The summed E-state index contributed by atoms with van der Waals surface area (Å²) in [4.78, 5) is 4.06. The van der Waals surface area contributed by atoms with Gasteiger partial charge in [0.25, 0.3) is 0 Å². The van der Waals surface area contributed by atoms with Gasteiger partial charge in [0.05, 0.1) is 11.9 Å². The molecule has 0 amide bonds. The fraction of sp³-hybridized carbons (Fsp3) is 0.500. The van der Waals surface area contributed by atoms with Crippen LogP contribution in [0.15, 0.2) is 18.5 Å². The van der Waals surface area contributed by atoms with Crippen molar-refractivity contribution in [3.63, 3.8) is 0 Å². The normalized spacial score (nSPS) is 11.4. The van der Waals surface area contributed by atoms with Crippen LogP contribution in [0.4, 0.5) is 5.69 Å². The van der Waals surface area contributed by atoms with E-state index in [9.17, 15) is 0 Å². The largest absolute Gasteiger partial charge is 0.379 e. The van der Waals surface area contributed by atoms with Crippen molar-refractivity contribution in [1.29, 1.82) is 0 Å². The molecular weight excluding hydrogens is 162 g/mol. The van der Waals surface area contributed by atoms with E-state index in [-0.39, 0.29) is 5.54 Å². The lowest BCUT2D eigenvalue weighted by Crippen LogP contribution is -2.27. The highest BCUT2D eigenvalue weighted by atomic mass is 15.0. The maximum atomic E-state index is 5.60. The molecule has 72 valence electrons. The van der Waals surface area contributed by atoms with E-state index in [2.05, 4.69) is 31.1 Å². The van der Waals surface area contributed by atoms with Gasteiger partial charge in [0, 0.05) is 18.3 Å². The van der Waals surface area contributed by atoms with Crippen LogP contribution in [0.25, 0.3) is 0 Å². The molecule has 0 spiro atoms. The molecule has 0 saturated carbocycles. The molecule has 0 saturated heterocycles. The smallest absolute Gasteiger partial charge is 0.0576 e. The predicted molar refractivity (Wildman–Crippen MR) is 55.5 cm³/mol. The van der Waals surface area contributed by atoms with Crippen LogP contribution < -0.4 is 11.1 Å². The minimum atomic E-state index is 0.0486. The van der Waals surface area contributed by atoms with Crippen LogP contribution in [0.5, 0.6) is 0 Å². The summed E-state index contributed by atoms with van der Waals surface area (Å²) in [6.07, 6.45) is 3.57. The van der Waals surface area contributed by atoms with Crippen molar-refractivity contribution in [2.45, 2.75) is 32.9 Å². The predicted octanol–water partition coefficient (Wildman–Crippen LogP) is 1.75. The highest BCUT2D eigenvalue weighted by Crippen LogP contribution is 2.17. The molecule has 1 heterocycles. The number of pyridine rings is 1. The summed E-state index contributed by atoms with van der Waals surface area (Å²) in [7, 11) is 0. The average Bonchev–Trinajstić information content (AvgIpc) is 2.02. The summed E-state index contributed by atoms with van der Waals surface area (Å²) in [6, 6.07) is 1.94. The number of hydrogen-bond acceptors (Lipinski definition) is 3. The summed E-state index contributed by atoms with van der Waals surface area (Å²) >= 11 is 0. The number of hydrogen-bond donors (Lipinski definition) is 2. The number of nitrogens with one attached hydrogen (secondary N) is 1. The van der Waals surface area contributed by atoms with Gasteiger partial charge in [-0.2, -0.15) is 0 Å². The molecule has 0 aliphatic heterocycles. The Morgan fingerprint density at radius 1 is 1.46 bits per heavy atom. The van der Waals surface area contributed by atoms with Gasteiger partial charge in [-0.15, -0.1) is 0 Å². The SMILES string of the molecule is CC(C)(C)Nc1cnccc1CN. The van der Waals surface area contributed by atoms with Crippen molar-refractivity contribution < 1.29 is 0 Å². The quantitative estimate of drug-likeness (QED) is 0.727. The lowest BCUT2D eigenvalue weighted by molar-refractivity contribution is 0.632. The Balaban J connectivity index is 2.87. The summed E-state index contributed by atoms with van der Waals surface area (Å²) in [5.74, 6) is 0. The molecule has 0 radical (unpaired) electrons. The fourth-order valence-electron chi connectivity index (χ4n) is 1.12. The second-order valence-electron chi connectivity index (χ2n) is 4.11. The summed E-state index contributed by atoms with van der Waals surface area (Å²) in [6.45, 7) is 6.88. The first-order valence-corrected chi connectivity index (χ1v) is 4.44. The van der Waals surface area contributed by atoms with Crippen LogP contribution >= 0.6 is 0 Å². The average molecular weight is 179 g/mol. The summed E-state index contributed by atoms with van der Waals surface area (Å²) in [5, 5.41) is 3.36. The molecule has 3 nitrogen and oxygen atoms in total. The third kappa shape index (κ3) is 3.03. The van der Waals surface area contributed by atoms with Gasteiger partial charge in [0.1, 0.15) is 0 Å². The highest BCUT2D eigenvalue weighted by Gasteiger charge is 2.11. The fourth-order valence-corrected chi connectivity index (χ4v) is 1.12. The van der Waals surface area contributed by atoms with E-state index in [1.165, 1.54) is 0 Å². The molecule has 0 aromatic carbocycles. The molecule has 1 aromatic heterocycles. The zero-order chi connectivity index (χ0) is 9.90. The molecule has 1 aromatic rings. The Morgan fingerprint density at radius 3 is 2.69 bits per heavy atom. The maximum Gasteiger partial charge on any atom is 0.0576 e. The zero-order valence-electron chi connectivity index (χ0n) is 8.46. The molecule has 0 fully saturated rings. The van der Waals surface area contributed by atoms with Gasteiger partial charge in [0.2, 0.25) is 0 Å². The van der Waals surface area contributed by atoms with Crippen molar-refractivity contribution in [1.82, 2.24) is 4.98 Å². The van der Waals surface area contributed by atoms with Crippen LogP contribution in [-0.4, -0.2) is 10.5 Å². The van der Waals surface area contributed by atoms with Crippen molar-refractivity contribution in [3.8, 4) is 0 Å². The first-order valence-electron chi connectivity index (χ1n) is 4.44. The van der Waals surface area contributed by atoms with Gasteiger partial charge >= 0.3 is 0 Å². The third-order valence-corrected chi connectivity index (χ3v) is 1.64. The molecule has 3 heteroatoms. The van der Waals surface area contributed by atoms with Gasteiger partial charge in [-0.05, 0) is 32.4 Å². The lowest BCUT2D eigenvalue weighted by atomic mass is 10.1. The molecule has 3 N–H and O–H groups in total. The number of aromatic nitrogens is 1. The van der Waals surface area contributed by atoms with Crippen molar-refractivity contribution in [3.05, 3.63) is 24.0 Å². The van der Waals surface area contributed by atoms with E-state index >= 15 is 0 Å². The summed E-state index contributed by atoms with van der Waals surface area (Å²) < 4.78 is 0. The molecule has 0 atom stereocenters. The van der Waals surface area contributed by atoms with E-state index in [0.717, 1.165) is 11.3 Å². The van der Waals surface area contributed by atoms with Gasteiger partial charge in [-0.1, -0.05) is 0 Å². The lowest BCUT2D eigenvalue weighted by Gasteiger charge is -2.23. The zero-order valence-corrected chi connectivity index (χ0v) is 8.46. The van der Waals surface area contributed by atoms with Crippen LogP contribution in [-0.2, 0) is 6.54 Å². The van der Waals surface area contributed by atoms with Gasteiger partial charge in [-0.3, -0.25) is 4.98 Å². The Morgan fingerprint density at radius 2 is 2.15 bits per heavy atom. The van der Waals surface area contributed by atoms with Crippen LogP contribution in [0.2, 0.25) is 0 Å². The van der Waals surface area contributed by atoms with Crippen molar-refractivity contribution in [2.24, 2.45) is 5.73 Å². The van der Waals surface area contributed by atoms with Crippen molar-refractivity contribution >= 4 is 5.69 Å². The number of anilines is 1. The number of rotatable bonds is 2. The summed E-state index contributed by atoms with van der Waals surface area (Å²) in [5.41, 5.74) is 7.78. The highest BCUT2D eigenvalue weighted by molar-refractivity contribution is 5.50. The Labute approximate surface area is 79.4 Å². The third-order valence-electron chi connectivity index (χ3n) is 1.64. The van der Waals surface area contributed by atoms with E-state index in [1.807, 2.05) is 12.3 Å². The molecule has 0 unspecified atom stereocenters. The second-order valence-corrected chi connectivity index (χ2v) is 4.11. The van der Waals surface area contributed by atoms with Crippen LogP contribution in [0.1, 0.15) is 26.3 Å². The maximum absolute atomic E-state index is 5.60. The van der Waals surface area contributed by atoms with E-state index < -0.39 is 0 Å². The standard InChI is InChI=1S/C10H17N3/c1-10(2,3)13-9-7-12-5-4-8(9)6-11/h4-5,7,13H,6,11H2,1-3H3. The number of nitrogens with two attached hydrogens (primary N) is 1. The monoisotopic (exact) mass is 179 g/mol. The first kappa shape index (κ1) is 9.99. The number of nitrogens with zero attached hydrogens (tertiary/aromatic N) is 1. The minimum Gasteiger partial charge on any atom is -0.379 e. The molecule has 1 rings (SSSR count). The Hall–Kier alpha value is -1.09. The Bertz CT molecular complexity index is 276. The van der Waals surface area contributed by atoms with Gasteiger partial charge in [0.15, 0.2) is 0 Å². The van der Waals surface area contributed by atoms with Crippen molar-refractivity contribution in [2.75, 3.05) is 5.32 Å². The van der Waals surface area contributed by atoms with Gasteiger partial charge in [-0.25, -0.2) is 0 Å². The van der Waals surface area contributed by atoms with Crippen LogP contribution in [0, 0.1) is 0 Å². The van der Waals surface area contributed by atoms with Gasteiger partial charge < -0.3 is 11.1 Å². The first-order chi connectivity index (χ1) is 6.03. The second kappa shape index (κ2) is 3.75. The molecule has 0 bridgehead atoms. The Kier molecular flexibility index (Phi) is 2.88. The van der Waals surface area contributed by atoms with E-state index in [4.69, 9.17) is 5.73 Å². The molecule has 0 aliphatic rings. The van der Waals surface area contributed by atoms with Crippen LogP contribution in [0.3, 0.4) is 0 Å². The molecule has 0 aliphatic carbocycles. The topological polar surface area (TPSA) is 50.9 Å². The van der Waals surface area contributed by atoms with E-state index in [0.29, 0.717) is 6.54 Å². The minimum absolute atomic E-state index is 0.0486.